The van der Waals surface area contributed by atoms with Gasteiger partial charge in [0.2, 0.25) is 0 Å². The van der Waals surface area contributed by atoms with Crippen LogP contribution >= 0.6 is 0 Å². The van der Waals surface area contributed by atoms with Crippen molar-refractivity contribution in [2.24, 2.45) is 0 Å². The number of ether oxygens (including phenoxy) is 1. The Balaban J connectivity index is 1.35. The van der Waals surface area contributed by atoms with Crippen LogP contribution in [0.3, 0.4) is 0 Å². The van der Waals surface area contributed by atoms with E-state index in [1.807, 2.05) is 12.4 Å². The fraction of sp³-hybridized carbons (Fsp3) is 0.667. The van der Waals surface area contributed by atoms with Gasteiger partial charge in [0.1, 0.15) is 5.82 Å². The molecule has 1 saturated heterocycles. The van der Waals surface area contributed by atoms with Gasteiger partial charge in [0.25, 0.3) is 0 Å². The van der Waals surface area contributed by atoms with Gasteiger partial charge >= 0.3 is 0 Å². The number of hydrogen-bond acceptors (Lipinski definition) is 5. The van der Waals surface area contributed by atoms with E-state index >= 15 is 0 Å². The highest BCUT2D eigenvalue weighted by atomic mass is 16.5. The Bertz CT molecular complexity index is 636. The summed E-state index contributed by atoms with van der Waals surface area (Å²) in [7, 11) is 0. The predicted octanol–water partition coefficient (Wildman–Crippen LogP) is 1.02. The number of piperidine rings is 1. The number of fused-ring (bicyclic) bond motifs is 3. The van der Waals surface area contributed by atoms with E-state index in [1.165, 1.54) is 0 Å². The van der Waals surface area contributed by atoms with Crippen molar-refractivity contribution in [3.63, 3.8) is 0 Å². The topological polar surface area (TPSA) is 61.0 Å². The molecule has 0 radical (unpaired) electrons. The molecule has 7 heteroatoms. The number of nitrogens with zero attached hydrogens (tertiary/aromatic N) is 6. The molecule has 0 aromatic carbocycles. The fourth-order valence-corrected chi connectivity index (χ4v) is 3.55. The summed E-state index contributed by atoms with van der Waals surface area (Å²) in [4.78, 5) is 6.79. The van der Waals surface area contributed by atoms with Crippen molar-refractivity contribution in [2.45, 2.75) is 45.1 Å². The van der Waals surface area contributed by atoms with Crippen molar-refractivity contribution in [1.29, 1.82) is 0 Å². The standard InChI is InChI=1S/C15H22N6O/c1-12-16-4-8-20(12)6-2-5-19-7-3-15-14(10-19)21-13(11-22-15)9-17-18-21/h4,8-9,14-15H,2-3,5-7,10-11H2,1H3/t14-,15+/m0/s1. The van der Waals surface area contributed by atoms with E-state index in [0.717, 1.165) is 50.5 Å². The summed E-state index contributed by atoms with van der Waals surface area (Å²) < 4.78 is 10.2. The molecule has 118 valence electrons. The zero-order valence-corrected chi connectivity index (χ0v) is 12.9. The van der Waals surface area contributed by atoms with Crippen LogP contribution in [-0.4, -0.2) is 55.2 Å². The highest BCUT2D eigenvalue weighted by Crippen LogP contribution is 2.29. The molecule has 0 bridgehead atoms. The second-order valence-electron chi connectivity index (χ2n) is 6.20. The molecule has 0 aliphatic carbocycles. The van der Waals surface area contributed by atoms with Crippen LogP contribution in [0.5, 0.6) is 0 Å². The summed E-state index contributed by atoms with van der Waals surface area (Å²) in [6, 6.07) is 0.315. The molecule has 1 fully saturated rings. The van der Waals surface area contributed by atoms with Gasteiger partial charge in [0.15, 0.2) is 0 Å². The molecule has 2 atom stereocenters. The molecule has 2 aromatic rings. The van der Waals surface area contributed by atoms with Crippen LogP contribution in [0.25, 0.3) is 0 Å². The first kappa shape index (κ1) is 13.9. The molecule has 0 N–H and O–H groups in total. The van der Waals surface area contributed by atoms with Gasteiger partial charge in [-0.25, -0.2) is 9.67 Å². The molecule has 2 aliphatic heterocycles. The van der Waals surface area contributed by atoms with E-state index in [4.69, 9.17) is 4.74 Å². The maximum atomic E-state index is 5.95. The smallest absolute Gasteiger partial charge is 0.105 e. The minimum Gasteiger partial charge on any atom is -0.370 e. The summed E-state index contributed by atoms with van der Waals surface area (Å²) in [5, 5.41) is 8.29. The minimum absolute atomic E-state index is 0.293. The van der Waals surface area contributed by atoms with Crippen molar-refractivity contribution in [3.8, 4) is 0 Å². The quantitative estimate of drug-likeness (QED) is 0.844. The van der Waals surface area contributed by atoms with Crippen LogP contribution in [0.1, 0.15) is 30.4 Å². The first-order valence-electron chi connectivity index (χ1n) is 8.02. The fourth-order valence-electron chi connectivity index (χ4n) is 3.55. The number of aromatic nitrogens is 5. The van der Waals surface area contributed by atoms with Gasteiger partial charge in [-0.3, -0.25) is 0 Å². The second kappa shape index (κ2) is 5.81. The number of imidazole rings is 1. The normalized spacial score (nSPS) is 25.0. The lowest BCUT2D eigenvalue weighted by atomic mass is 10.0. The molecular formula is C15H22N6O. The SMILES string of the molecule is Cc1nccn1CCCN1CC[C@H]2OCc3cnnn3[C@H]2C1. The van der Waals surface area contributed by atoms with Crippen molar-refractivity contribution in [1.82, 2.24) is 29.4 Å². The third-order valence-corrected chi connectivity index (χ3v) is 4.81. The van der Waals surface area contributed by atoms with Crippen LogP contribution in [0.4, 0.5) is 0 Å². The molecule has 0 unspecified atom stereocenters. The van der Waals surface area contributed by atoms with E-state index in [1.54, 1.807) is 0 Å². The maximum Gasteiger partial charge on any atom is 0.105 e. The monoisotopic (exact) mass is 302 g/mol. The molecule has 7 nitrogen and oxygen atoms in total. The number of hydrogen-bond donors (Lipinski definition) is 0. The van der Waals surface area contributed by atoms with Gasteiger partial charge in [-0.05, 0) is 26.3 Å². The first-order chi connectivity index (χ1) is 10.8. The highest BCUT2D eigenvalue weighted by Gasteiger charge is 2.36. The molecule has 0 amide bonds. The molecule has 0 spiro atoms. The van der Waals surface area contributed by atoms with E-state index in [0.29, 0.717) is 18.8 Å². The van der Waals surface area contributed by atoms with Crippen LogP contribution in [0.15, 0.2) is 18.6 Å². The lowest BCUT2D eigenvalue weighted by Gasteiger charge is -2.41. The lowest BCUT2D eigenvalue weighted by Crippen LogP contribution is -2.48. The van der Waals surface area contributed by atoms with Crippen LogP contribution < -0.4 is 0 Å². The van der Waals surface area contributed by atoms with E-state index in [-0.39, 0.29) is 0 Å². The number of rotatable bonds is 4. The Morgan fingerprint density at radius 1 is 1.36 bits per heavy atom. The molecule has 4 heterocycles. The first-order valence-corrected chi connectivity index (χ1v) is 8.02. The van der Waals surface area contributed by atoms with E-state index in [2.05, 4.69) is 42.6 Å². The van der Waals surface area contributed by atoms with Crippen LogP contribution in [0.2, 0.25) is 0 Å². The summed E-state index contributed by atoms with van der Waals surface area (Å²) in [6.07, 6.45) is 8.25. The number of likely N-dealkylation sites (tertiary alicyclic amines) is 1. The van der Waals surface area contributed by atoms with Crippen LogP contribution in [-0.2, 0) is 17.9 Å². The molecule has 2 aromatic heterocycles. The van der Waals surface area contributed by atoms with Crippen molar-refractivity contribution in [3.05, 3.63) is 30.1 Å². The van der Waals surface area contributed by atoms with Gasteiger partial charge in [-0.15, -0.1) is 5.10 Å². The zero-order chi connectivity index (χ0) is 14.9. The Kier molecular flexibility index (Phi) is 3.67. The Morgan fingerprint density at radius 2 is 2.32 bits per heavy atom. The largest absolute Gasteiger partial charge is 0.370 e. The van der Waals surface area contributed by atoms with Gasteiger partial charge < -0.3 is 14.2 Å². The maximum absolute atomic E-state index is 5.95. The van der Waals surface area contributed by atoms with Crippen molar-refractivity contribution >= 4 is 0 Å². The average Bonchev–Trinajstić information content (AvgIpc) is 3.16. The van der Waals surface area contributed by atoms with Crippen LogP contribution in [0, 0.1) is 6.92 Å². The average molecular weight is 302 g/mol. The highest BCUT2D eigenvalue weighted by molar-refractivity contribution is 5.01. The Morgan fingerprint density at radius 3 is 3.18 bits per heavy atom. The van der Waals surface area contributed by atoms with E-state index < -0.39 is 0 Å². The molecule has 22 heavy (non-hydrogen) atoms. The van der Waals surface area contributed by atoms with Crippen molar-refractivity contribution in [2.75, 3.05) is 19.6 Å². The predicted molar refractivity (Wildman–Crippen MR) is 80.3 cm³/mol. The summed E-state index contributed by atoms with van der Waals surface area (Å²) in [5.74, 6) is 1.09. The third-order valence-electron chi connectivity index (χ3n) is 4.81. The van der Waals surface area contributed by atoms with Gasteiger partial charge in [0, 0.05) is 32.0 Å². The molecule has 2 aliphatic rings. The summed E-state index contributed by atoms with van der Waals surface area (Å²) in [6.45, 7) is 6.94. The molecular weight excluding hydrogens is 280 g/mol. The third kappa shape index (κ3) is 2.55. The minimum atomic E-state index is 0.293. The molecule has 4 rings (SSSR count). The lowest BCUT2D eigenvalue weighted by molar-refractivity contribution is -0.0657. The Labute approximate surface area is 129 Å². The Hall–Kier alpha value is -1.73. The number of aryl methyl sites for hydroxylation is 2. The second-order valence-corrected chi connectivity index (χ2v) is 6.20. The summed E-state index contributed by atoms with van der Waals surface area (Å²) in [5.41, 5.74) is 1.09. The van der Waals surface area contributed by atoms with Gasteiger partial charge in [-0.2, -0.15) is 0 Å². The molecule has 0 saturated carbocycles. The van der Waals surface area contributed by atoms with Crippen molar-refractivity contribution < 1.29 is 4.74 Å². The van der Waals surface area contributed by atoms with Gasteiger partial charge in [0.05, 0.1) is 30.6 Å². The summed E-state index contributed by atoms with van der Waals surface area (Å²) >= 11 is 0. The zero-order valence-electron chi connectivity index (χ0n) is 12.9. The van der Waals surface area contributed by atoms with Gasteiger partial charge in [-0.1, -0.05) is 5.21 Å². The van der Waals surface area contributed by atoms with E-state index in [9.17, 15) is 0 Å².